The van der Waals surface area contributed by atoms with Crippen LogP contribution in [0.2, 0.25) is 0 Å². The summed E-state index contributed by atoms with van der Waals surface area (Å²) in [6.07, 6.45) is 2.57. The average Bonchev–Trinajstić information content (AvgIpc) is 2.16. The van der Waals surface area contributed by atoms with Gasteiger partial charge in [0.2, 0.25) is 3.79 Å². The lowest BCUT2D eigenvalue weighted by molar-refractivity contribution is 0.620. The van der Waals surface area contributed by atoms with Gasteiger partial charge in [0.15, 0.2) is 5.82 Å². The van der Waals surface area contributed by atoms with Crippen LogP contribution >= 0.6 is 34.8 Å². The van der Waals surface area contributed by atoms with E-state index in [0.717, 1.165) is 30.8 Å². The van der Waals surface area contributed by atoms with Crippen molar-refractivity contribution in [1.82, 2.24) is 15.3 Å². The van der Waals surface area contributed by atoms with Crippen molar-refractivity contribution in [3.05, 3.63) is 23.3 Å². The van der Waals surface area contributed by atoms with E-state index in [1.807, 2.05) is 0 Å². The van der Waals surface area contributed by atoms with E-state index >= 15 is 0 Å². The van der Waals surface area contributed by atoms with Crippen molar-refractivity contribution < 1.29 is 0 Å². The van der Waals surface area contributed by atoms with Gasteiger partial charge in [-0.2, -0.15) is 0 Å². The Kier molecular flexibility index (Phi) is 2.84. The number of nitrogens with zero attached hydrogens (tertiary/aromatic N) is 2. The molecule has 0 aliphatic carbocycles. The van der Waals surface area contributed by atoms with Gasteiger partial charge in [0, 0.05) is 31.3 Å². The topological polar surface area (TPSA) is 37.8 Å². The minimum Gasteiger partial charge on any atom is -0.312 e. The summed E-state index contributed by atoms with van der Waals surface area (Å²) in [6.45, 7) is 1.69. The maximum absolute atomic E-state index is 5.69. The van der Waals surface area contributed by atoms with Gasteiger partial charge in [0.1, 0.15) is 0 Å². The predicted octanol–water partition coefficient (Wildman–Crippen LogP) is 1.95. The molecule has 0 atom stereocenters. The van der Waals surface area contributed by atoms with Crippen molar-refractivity contribution in [3.63, 3.8) is 0 Å². The first kappa shape index (κ1) is 10.4. The zero-order chi connectivity index (χ0) is 10.2. The SMILES string of the molecule is ClC(Cl)(Cl)c1ncc2c(n1)CCNC2. The van der Waals surface area contributed by atoms with E-state index in [0.29, 0.717) is 0 Å². The molecule has 0 fully saturated rings. The Balaban J connectivity index is 2.39. The Hall–Kier alpha value is -0.0900. The molecule has 1 aromatic heterocycles. The van der Waals surface area contributed by atoms with Gasteiger partial charge in [0.05, 0.1) is 5.69 Å². The van der Waals surface area contributed by atoms with Gasteiger partial charge in [-0.05, 0) is 0 Å². The van der Waals surface area contributed by atoms with Crippen molar-refractivity contribution in [1.29, 1.82) is 0 Å². The maximum Gasteiger partial charge on any atom is 0.250 e. The highest BCUT2D eigenvalue weighted by molar-refractivity contribution is 6.66. The summed E-state index contributed by atoms with van der Waals surface area (Å²) < 4.78 is -1.53. The largest absolute Gasteiger partial charge is 0.312 e. The van der Waals surface area contributed by atoms with E-state index in [4.69, 9.17) is 34.8 Å². The second kappa shape index (κ2) is 3.81. The Morgan fingerprint density at radius 3 is 2.86 bits per heavy atom. The van der Waals surface area contributed by atoms with Crippen LogP contribution in [0.25, 0.3) is 0 Å². The zero-order valence-corrected chi connectivity index (χ0v) is 9.49. The van der Waals surface area contributed by atoms with E-state index in [1.54, 1.807) is 6.20 Å². The summed E-state index contributed by atoms with van der Waals surface area (Å²) in [7, 11) is 0. The summed E-state index contributed by atoms with van der Waals surface area (Å²) in [5.74, 6) is 0.253. The number of fused-ring (bicyclic) bond motifs is 1. The summed E-state index contributed by atoms with van der Waals surface area (Å²) in [5.41, 5.74) is 2.05. The van der Waals surface area contributed by atoms with Crippen LogP contribution in [0.4, 0.5) is 0 Å². The molecule has 1 aliphatic rings. The van der Waals surface area contributed by atoms with Crippen LogP contribution in [-0.4, -0.2) is 16.5 Å². The molecule has 0 radical (unpaired) electrons. The molecular weight excluding hydrogens is 244 g/mol. The summed E-state index contributed by atoms with van der Waals surface area (Å²) in [6, 6.07) is 0. The fraction of sp³-hybridized carbons (Fsp3) is 0.500. The molecule has 0 saturated carbocycles. The molecule has 1 aromatic rings. The smallest absolute Gasteiger partial charge is 0.250 e. The lowest BCUT2D eigenvalue weighted by atomic mass is 10.1. The summed E-state index contributed by atoms with van der Waals surface area (Å²) >= 11 is 17.1. The summed E-state index contributed by atoms with van der Waals surface area (Å²) in [4.78, 5) is 8.25. The fourth-order valence-electron chi connectivity index (χ4n) is 1.37. The zero-order valence-electron chi connectivity index (χ0n) is 7.23. The molecule has 0 aromatic carbocycles. The molecule has 0 spiro atoms. The van der Waals surface area contributed by atoms with Gasteiger partial charge in [-0.25, -0.2) is 9.97 Å². The molecule has 1 aliphatic heterocycles. The quantitative estimate of drug-likeness (QED) is 0.717. The highest BCUT2D eigenvalue weighted by atomic mass is 35.6. The van der Waals surface area contributed by atoms with Crippen LogP contribution in [0.1, 0.15) is 17.1 Å². The normalized spacial score (nSPS) is 16.5. The first-order chi connectivity index (χ1) is 6.57. The van der Waals surface area contributed by atoms with Crippen molar-refractivity contribution in [2.45, 2.75) is 16.8 Å². The lowest BCUT2D eigenvalue weighted by Crippen LogP contribution is -2.26. The molecule has 0 amide bonds. The van der Waals surface area contributed by atoms with Gasteiger partial charge in [-0.1, -0.05) is 34.8 Å². The molecule has 14 heavy (non-hydrogen) atoms. The number of halogens is 3. The molecule has 0 unspecified atom stereocenters. The third kappa shape index (κ3) is 2.11. The molecule has 6 heteroatoms. The third-order valence-electron chi connectivity index (χ3n) is 2.06. The Labute approximate surface area is 96.8 Å². The standard InChI is InChI=1S/C8H8Cl3N3/c9-8(10,11)7-13-4-5-3-12-2-1-6(5)14-7/h4,12H,1-3H2. The van der Waals surface area contributed by atoms with Crippen LogP contribution in [-0.2, 0) is 16.8 Å². The first-order valence-electron chi connectivity index (χ1n) is 4.20. The maximum atomic E-state index is 5.69. The molecule has 1 N–H and O–H groups in total. The van der Waals surface area contributed by atoms with Gasteiger partial charge in [-0.15, -0.1) is 0 Å². The van der Waals surface area contributed by atoms with Crippen molar-refractivity contribution in [3.8, 4) is 0 Å². The van der Waals surface area contributed by atoms with Crippen molar-refractivity contribution in [2.75, 3.05) is 6.54 Å². The molecule has 0 saturated heterocycles. The predicted molar refractivity (Wildman–Crippen MR) is 56.7 cm³/mol. The van der Waals surface area contributed by atoms with Crippen LogP contribution < -0.4 is 5.32 Å². The van der Waals surface area contributed by atoms with E-state index in [1.165, 1.54) is 0 Å². The van der Waals surface area contributed by atoms with E-state index < -0.39 is 3.79 Å². The molecule has 76 valence electrons. The van der Waals surface area contributed by atoms with E-state index in [2.05, 4.69) is 15.3 Å². The van der Waals surface area contributed by atoms with E-state index in [9.17, 15) is 0 Å². The minimum absolute atomic E-state index is 0.253. The van der Waals surface area contributed by atoms with Gasteiger partial charge in [0.25, 0.3) is 0 Å². The molecular formula is C8H8Cl3N3. The fourth-order valence-corrected chi connectivity index (χ4v) is 1.65. The Morgan fingerprint density at radius 1 is 1.36 bits per heavy atom. The molecule has 3 nitrogen and oxygen atoms in total. The minimum atomic E-state index is -1.53. The number of aromatic nitrogens is 2. The summed E-state index contributed by atoms with van der Waals surface area (Å²) in [5, 5.41) is 3.22. The number of hydrogen-bond acceptors (Lipinski definition) is 3. The number of alkyl halides is 3. The van der Waals surface area contributed by atoms with Gasteiger partial charge >= 0.3 is 0 Å². The lowest BCUT2D eigenvalue weighted by Gasteiger charge is -2.17. The number of nitrogens with one attached hydrogen (secondary N) is 1. The number of hydrogen-bond donors (Lipinski definition) is 1. The highest BCUT2D eigenvalue weighted by Gasteiger charge is 2.27. The number of rotatable bonds is 0. The highest BCUT2D eigenvalue weighted by Crippen LogP contribution is 2.35. The molecule has 0 bridgehead atoms. The van der Waals surface area contributed by atoms with Gasteiger partial charge < -0.3 is 5.32 Å². The third-order valence-corrected chi connectivity index (χ3v) is 2.57. The van der Waals surface area contributed by atoms with Crippen LogP contribution in [0.15, 0.2) is 6.20 Å². The molecule has 2 rings (SSSR count). The van der Waals surface area contributed by atoms with Crippen molar-refractivity contribution in [2.24, 2.45) is 0 Å². The second-order valence-corrected chi connectivity index (χ2v) is 5.37. The van der Waals surface area contributed by atoms with Gasteiger partial charge in [-0.3, -0.25) is 0 Å². The van der Waals surface area contributed by atoms with Crippen LogP contribution in [0.5, 0.6) is 0 Å². The average molecular weight is 253 g/mol. The Bertz CT molecular complexity index is 348. The first-order valence-corrected chi connectivity index (χ1v) is 5.33. The van der Waals surface area contributed by atoms with Crippen LogP contribution in [0, 0.1) is 0 Å². The monoisotopic (exact) mass is 251 g/mol. The van der Waals surface area contributed by atoms with Crippen molar-refractivity contribution >= 4 is 34.8 Å². The Morgan fingerprint density at radius 2 is 2.14 bits per heavy atom. The second-order valence-electron chi connectivity index (χ2n) is 3.09. The van der Waals surface area contributed by atoms with E-state index in [-0.39, 0.29) is 5.82 Å². The molecule has 2 heterocycles. The van der Waals surface area contributed by atoms with Crippen LogP contribution in [0.3, 0.4) is 0 Å².